The van der Waals surface area contributed by atoms with Crippen LogP contribution in [-0.4, -0.2) is 11.7 Å². The van der Waals surface area contributed by atoms with Crippen molar-refractivity contribution in [1.82, 2.24) is 5.32 Å². The zero-order chi connectivity index (χ0) is 14.0. The van der Waals surface area contributed by atoms with E-state index in [0.29, 0.717) is 6.54 Å². The Labute approximate surface area is 126 Å². The molecule has 1 aromatic heterocycles. The molecular weight excluding hydrogens is 288 g/mol. The molecule has 1 aromatic carbocycles. The van der Waals surface area contributed by atoms with Crippen molar-refractivity contribution in [3.63, 3.8) is 0 Å². The molecule has 2 aromatic rings. The molecule has 0 fully saturated rings. The first-order valence-electron chi connectivity index (χ1n) is 6.52. The fourth-order valence-corrected chi connectivity index (χ4v) is 4.42. The molecule has 0 spiro atoms. The summed E-state index contributed by atoms with van der Waals surface area (Å²) in [6.45, 7) is 0.666. The van der Waals surface area contributed by atoms with Crippen LogP contribution in [0.3, 0.4) is 0 Å². The number of thioether (sulfide) groups is 1. The highest BCUT2D eigenvalue weighted by atomic mass is 32.2. The van der Waals surface area contributed by atoms with Gasteiger partial charge in [-0.3, -0.25) is 10.1 Å². The lowest BCUT2D eigenvalue weighted by Gasteiger charge is -2.37. The maximum atomic E-state index is 12.2. The number of thiophene rings is 1. The predicted molar refractivity (Wildman–Crippen MR) is 83.8 cm³/mol. The first-order chi connectivity index (χ1) is 9.72. The Bertz CT molecular complexity index is 612. The third-order valence-corrected chi connectivity index (χ3v) is 5.60. The van der Waals surface area contributed by atoms with Crippen molar-refractivity contribution in [3.8, 4) is 0 Å². The third-order valence-electron chi connectivity index (χ3n) is 3.65. The lowest BCUT2D eigenvalue weighted by molar-refractivity contribution is -0.125. The van der Waals surface area contributed by atoms with Crippen LogP contribution in [0.1, 0.15) is 16.9 Å². The topological polar surface area (TPSA) is 55.1 Å². The van der Waals surface area contributed by atoms with Gasteiger partial charge in [0.15, 0.2) is 0 Å². The number of carbonyl (C=O) groups is 1. The van der Waals surface area contributed by atoms with Crippen molar-refractivity contribution in [2.24, 2.45) is 5.73 Å². The number of hydrogen-bond donors (Lipinski definition) is 2. The van der Waals surface area contributed by atoms with Crippen molar-refractivity contribution in [2.45, 2.75) is 23.4 Å². The quantitative estimate of drug-likeness (QED) is 0.913. The van der Waals surface area contributed by atoms with E-state index < -0.39 is 5.54 Å². The van der Waals surface area contributed by atoms with Crippen LogP contribution in [0, 0.1) is 0 Å². The highest BCUT2D eigenvalue weighted by molar-refractivity contribution is 7.99. The number of amides is 1. The van der Waals surface area contributed by atoms with Gasteiger partial charge in [-0.15, -0.1) is 23.1 Å². The number of nitrogens with two attached hydrogens (primary N) is 1. The van der Waals surface area contributed by atoms with Gasteiger partial charge in [-0.2, -0.15) is 0 Å². The number of rotatable bonds is 4. The molecule has 5 heteroatoms. The molecule has 20 heavy (non-hydrogen) atoms. The first-order valence-corrected chi connectivity index (χ1v) is 8.38. The van der Waals surface area contributed by atoms with E-state index in [-0.39, 0.29) is 5.91 Å². The van der Waals surface area contributed by atoms with E-state index >= 15 is 0 Å². The van der Waals surface area contributed by atoms with Crippen LogP contribution in [0.15, 0.2) is 46.7 Å². The normalized spacial score (nSPS) is 21.4. The molecule has 104 valence electrons. The molecule has 1 atom stereocenters. The predicted octanol–water partition coefficient (Wildman–Crippen LogP) is 2.71. The fourth-order valence-electron chi connectivity index (χ4n) is 2.57. The van der Waals surface area contributed by atoms with Gasteiger partial charge in [0, 0.05) is 22.1 Å². The van der Waals surface area contributed by atoms with Crippen molar-refractivity contribution in [3.05, 3.63) is 52.2 Å². The van der Waals surface area contributed by atoms with Crippen LogP contribution < -0.4 is 11.1 Å². The Kier molecular flexibility index (Phi) is 3.83. The summed E-state index contributed by atoms with van der Waals surface area (Å²) in [7, 11) is 0. The van der Waals surface area contributed by atoms with Crippen LogP contribution in [-0.2, 0) is 16.9 Å². The first kappa shape index (κ1) is 13.7. The van der Waals surface area contributed by atoms with Crippen LogP contribution >= 0.6 is 23.1 Å². The van der Waals surface area contributed by atoms with Gasteiger partial charge >= 0.3 is 0 Å². The van der Waals surface area contributed by atoms with Crippen LogP contribution in [0.2, 0.25) is 0 Å². The molecule has 0 saturated heterocycles. The monoisotopic (exact) mass is 304 g/mol. The largest absolute Gasteiger partial charge is 0.368 e. The summed E-state index contributed by atoms with van der Waals surface area (Å²) >= 11 is 3.47. The smallest absolute Gasteiger partial charge is 0.242 e. The summed E-state index contributed by atoms with van der Waals surface area (Å²) in [6.07, 6.45) is 0.732. The van der Waals surface area contributed by atoms with Crippen molar-refractivity contribution in [2.75, 3.05) is 5.75 Å². The Balaban J connectivity index is 1.95. The van der Waals surface area contributed by atoms with Crippen LogP contribution in [0.25, 0.3) is 0 Å². The molecular formula is C15H16N2OS2. The van der Waals surface area contributed by atoms with E-state index in [1.54, 1.807) is 23.1 Å². The van der Waals surface area contributed by atoms with E-state index in [4.69, 9.17) is 5.73 Å². The minimum absolute atomic E-state index is 0.290. The second-order valence-corrected chi connectivity index (χ2v) is 6.97. The van der Waals surface area contributed by atoms with E-state index in [9.17, 15) is 4.79 Å². The SMILES string of the molecule is NC(=O)C1(NCc2cccs2)CCSc2ccccc21. The molecule has 0 radical (unpaired) electrons. The molecule has 1 unspecified atom stereocenters. The Morgan fingerprint density at radius 2 is 2.15 bits per heavy atom. The van der Waals surface area contributed by atoms with Gasteiger partial charge in [0.1, 0.15) is 5.54 Å². The summed E-state index contributed by atoms with van der Waals surface area (Å²) in [5.41, 5.74) is 6.02. The van der Waals surface area contributed by atoms with Gasteiger partial charge in [0.2, 0.25) is 5.91 Å². The van der Waals surface area contributed by atoms with Crippen molar-refractivity contribution < 1.29 is 4.79 Å². The Hall–Kier alpha value is -1.30. The summed E-state index contributed by atoms with van der Waals surface area (Å²) in [5, 5.41) is 5.46. The average molecular weight is 304 g/mol. The molecule has 1 aliphatic rings. The van der Waals surface area contributed by atoms with E-state index in [1.165, 1.54) is 4.88 Å². The van der Waals surface area contributed by atoms with Gasteiger partial charge < -0.3 is 5.73 Å². The molecule has 1 amide bonds. The minimum atomic E-state index is -0.744. The zero-order valence-corrected chi connectivity index (χ0v) is 12.6. The number of hydrogen-bond acceptors (Lipinski definition) is 4. The second-order valence-electron chi connectivity index (χ2n) is 4.80. The summed E-state index contributed by atoms with van der Waals surface area (Å²) in [6, 6.07) is 12.1. The van der Waals surface area contributed by atoms with E-state index in [0.717, 1.165) is 22.6 Å². The highest BCUT2D eigenvalue weighted by Crippen LogP contribution is 2.40. The van der Waals surface area contributed by atoms with Gasteiger partial charge in [-0.1, -0.05) is 24.3 Å². The number of benzene rings is 1. The lowest BCUT2D eigenvalue weighted by Crippen LogP contribution is -2.54. The Morgan fingerprint density at radius 1 is 1.30 bits per heavy atom. The van der Waals surface area contributed by atoms with Crippen molar-refractivity contribution in [1.29, 1.82) is 0 Å². The summed E-state index contributed by atoms with van der Waals surface area (Å²) < 4.78 is 0. The number of primary amides is 1. The second kappa shape index (κ2) is 5.60. The standard InChI is InChI=1S/C15H16N2OS2/c16-14(18)15(17-10-11-4-3-8-19-11)7-9-20-13-6-2-1-5-12(13)15/h1-6,8,17H,7,9-10H2,(H2,16,18). The lowest BCUT2D eigenvalue weighted by atomic mass is 9.85. The van der Waals surface area contributed by atoms with Gasteiger partial charge in [0.25, 0.3) is 0 Å². The van der Waals surface area contributed by atoms with Crippen LogP contribution in [0.5, 0.6) is 0 Å². The van der Waals surface area contributed by atoms with E-state index in [1.807, 2.05) is 29.6 Å². The number of carbonyl (C=O) groups excluding carboxylic acids is 1. The molecule has 3 rings (SSSR count). The van der Waals surface area contributed by atoms with Gasteiger partial charge in [0.05, 0.1) is 0 Å². The maximum absolute atomic E-state index is 12.2. The molecule has 0 bridgehead atoms. The fraction of sp³-hybridized carbons (Fsp3) is 0.267. The van der Waals surface area contributed by atoms with E-state index in [2.05, 4.69) is 17.4 Å². The van der Waals surface area contributed by atoms with Crippen molar-refractivity contribution >= 4 is 29.0 Å². The highest BCUT2D eigenvalue weighted by Gasteiger charge is 2.41. The Morgan fingerprint density at radius 3 is 2.90 bits per heavy atom. The molecule has 2 heterocycles. The molecule has 1 aliphatic heterocycles. The minimum Gasteiger partial charge on any atom is -0.368 e. The average Bonchev–Trinajstić information content (AvgIpc) is 2.98. The molecule has 3 N–H and O–H groups in total. The molecule has 0 aliphatic carbocycles. The number of nitrogens with one attached hydrogen (secondary N) is 1. The third kappa shape index (κ3) is 2.37. The summed E-state index contributed by atoms with van der Waals surface area (Å²) in [4.78, 5) is 14.5. The zero-order valence-electron chi connectivity index (χ0n) is 11.0. The molecule has 0 saturated carbocycles. The number of fused-ring (bicyclic) bond motifs is 1. The summed E-state index contributed by atoms with van der Waals surface area (Å²) in [5.74, 6) is 0.610. The van der Waals surface area contributed by atoms with Gasteiger partial charge in [-0.25, -0.2) is 0 Å². The van der Waals surface area contributed by atoms with Crippen LogP contribution in [0.4, 0.5) is 0 Å². The van der Waals surface area contributed by atoms with Gasteiger partial charge in [-0.05, 0) is 29.5 Å². The molecule has 3 nitrogen and oxygen atoms in total. The maximum Gasteiger partial charge on any atom is 0.242 e.